The summed E-state index contributed by atoms with van der Waals surface area (Å²) in [6.45, 7) is 0.940. The van der Waals surface area contributed by atoms with Crippen LogP contribution in [0.4, 0.5) is 0 Å². The standard InChI is InChI=1S/C26H29NO2/c1-27(2)17-15-22-19-23(13-14-25(22)29)26(21-11-7-4-8-12-21)24(16-18-28)20-9-5-3-6-10-20/h3-14,19,28-29H,15-18H2,1-2H3. The van der Waals surface area contributed by atoms with Gasteiger partial charge in [-0.15, -0.1) is 0 Å². The number of hydrogen-bond donors (Lipinski definition) is 2. The molecule has 2 N–H and O–H groups in total. The number of aliphatic hydroxyl groups is 1. The molecule has 3 nitrogen and oxygen atoms in total. The third-order valence-corrected chi connectivity index (χ3v) is 5.04. The first-order valence-corrected chi connectivity index (χ1v) is 10.0. The summed E-state index contributed by atoms with van der Waals surface area (Å²) in [6, 6.07) is 26.3. The molecule has 0 spiro atoms. The van der Waals surface area contributed by atoms with E-state index in [1.54, 1.807) is 6.07 Å². The molecule has 0 unspecified atom stereocenters. The second-order valence-corrected chi connectivity index (χ2v) is 7.46. The van der Waals surface area contributed by atoms with E-state index in [1.807, 2.05) is 56.6 Å². The molecule has 29 heavy (non-hydrogen) atoms. The highest BCUT2D eigenvalue weighted by atomic mass is 16.3. The van der Waals surface area contributed by atoms with E-state index in [9.17, 15) is 10.2 Å². The molecule has 0 amide bonds. The lowest BCUT2D eigenvalue weighted by atomic mass is 9.87. The summed E-state index contributed by atoms with van der Waals surface area (Å²) in [5, 5.41) is 20.2. The molecule has 3 rings (SSSR count). The van der Waals surface area contributed by atoms with Gasteiger partial charge >= 0.3 is 0 Å². The van der Waals surface area contributed by atoms with E-state index in [1.165, 1.54) is 0 Å². The molecule has 0 fully saturated rings. The van der Waals surface area contributed by atoms with Crippen molar-refractivity contribution in [2.75, 3.05) is 27.2 Å². The molecule has 0 aliphatic carbocycles. The van der Waals surface area contributed by atoms with E-state index >= 15 is 0 Å². The minimum atomic E-state index is 0.0755. The van der Waals surface area contributed by atoms with Crippen LogP contribution in [0.25, 0.3) is 11.1 Å². The van der Waals surface area contributed by atoms with Crippen LogP contribution in [-0.4, -0.2) is 42.4 Å². The molecule has 0 aliphatic heterocycles. The first kappa shape index (κ1) is 20.8. The second-order valence-electron chi connectivity index (χ2n) is 7.46. The summed E-state index contributed by atoms with van der Waals surface area (Å²) < 4.78 is 0. The number of phenols is 1. The zero-order valence-electron chi connectivity index (χ0n) is 17.2. The van der Waals surface area contributed by atoms with Crippen LogP contribution in [0.15, 0.2) is 78.9 Å². The number of benzene rings is 3. The van der Waals surface area contributed by atoms with E-state index in [0.29, 0.717) is 12.2 Å². The van der Waals surface area contributed by atoms with E-state index in [-0.39, 0.29) is 6.61 Å². The van der Waals surface area contributed by atoms with Gasteiger partial charge in [0.15, 0.2) is 0 Å². The number of hydrogen-bond acceptors (Lipinski definition) is 3. The summed E-state index contributed by atoms with van der Waals surface area (Å²) in [5.74, 6) is 0.325. The highest BCUT2D eigenvalue weighted by Gasteiger charge is 2.15. The van der Waals surface area contributed by atoms with Crippen molar-refractivity contribution in [2.24, 2.45) is 0 Å². The van der Waals surface area contributed by atoms with Crippen LogP contribution in [0.2, 0.25) is 0 Å². The molecule has 0 atom stereocenters. The van der Waals surface area contributed by atoms with Crippen molar-refractivity contribution >= 4 is 11.1 Å². The van der Waals surface area contributed by atoms with Crippen molar-refractivity contribution in [3.8, 4) is 5.75 Å². The number of likely N-dealkylation sites (N-methyl/N-ethyl adjacent to an activating group) is 1. The molecule has 150 valence electrons. The van der Waals surface area contributed by atoms with Gasteiger partial charge in [-0.2, -0.15) is 0 Å². The molecule has 0 saturated heterocycles. The minimum absolute atomic E-state index is 0.0755. The lowest BCUT2D eigenvalue weighted by Crippen LogP contribution is -2.15. The van der Waals surface area contributed by atoms with Gasteiger partial charge in [0.25, 0.3) is 0 Å². The third-order valence-electron chi connectivity index (χ3n) is 5.04. The van der Waals surface area contributed by atoms with Gasteiger partial charge in [0, 0.05) is 13.2 Å². The number of phenolic OH excluding ortho intramolecular Hbond substituents is 1. The molecule has 0 bridgehead atoms. The number of aliphatic hydroxyl groups excluding tert-OH is 1. The fraction of sp³-hybridized carbons (Fsp3) is 0.231. The molecular formula is C26H29NO2. The normalized spacial score (nSPS) is 12.1. The first-order valence-electron chi connectivity index (χ1n) is 10.0. The van der Waals surface area contributed by atoms with Crippen LogP contribution in [0.3, 0.4) is 0 Å². The Hall–Kier alpha value is -2.88. The van der Waals surface area contributed by atoms with Crippen LogP contribution >= 0.6 is 0 Å². The summed E-state index contributed by atoms with van der Waals surface area (Å²) in [5.41, 5.74) is 6.38. The highest BCUT2D eigenvalue weighted by molar-refractivity contribution is 5.98. The van der Waals surface area contributed by atoms with Gasteiger partial charge < -0.3 is 15.1 Å². The van der Waals surface area contributed by atoms with Crippen LogP contribution < -0.4 is 0 Å². The Morgan fingerprint density at radius 1 is 0.793 bits per heavy atom. The van der Waals surface area contributed by atoms with Gasteiger partial charge in [-0.25, -0.2) is 0 Å². The molecule has 0 radical (unpaired) electrons. The fourth-order valence-electron chi connectivity index (χ4n) is 3.57. The lowest BCUT2D eigenvalue weighted by Gasteiger charge is -2.18. The molecule has 3 heteroatoms. The topological polar surface area (TPSA) is 43.7 Å². The predicted molar refractivity (Wildman–Crippen MR) is 121 cm³/mol. The summed E-state index contributed by atoms with van der Waals surface area (Å²) in [7, 11) is 4.07. The van der Waals surface area contributed by atoms with Gasteiger partial charge in [-0.3, -0.25) is 0 Å². The SMILES string of the molecule is CN(C)CCc1cc(C(=C(CCO)c2ccccc2)c2ccccc2)ccc1O. The molecule has 0 aromatic heterocycles. The van der Waals surface area contributed by atoms with Gasteiger partial charge in [0.2, 0.25) is 0 Å². The van der Waals surface area contributed by atoms with Crippen molar-refractivity contribution in [1.29, 1.82) is 0 Å². The van der Waals surface area contributed by atoms with Gasteiger partial charge in [-0.1, -0.05) is 66.7 Å². The maximum absolute atomic E-state index is 10.4. The molecule has 3 aromatic carbocycles. The molecule has 0 saturated carbocycles. The molecule has 0 aliphatic rings. The zero-order valence-corrected chi connectivity index (χ0v) is 17.2. The maximum atomic E-state index is 10.4. The van der Waals surface area contributed by atoms with Gasteiger partial charge in [-0.05, 0) is 72.5 Å². The zero-order chi connectivity index (χ0) is 20.6. The Morgan fingerprint density at radius 3 is 2.00 bits per heavy atom. The largest absolute Gasteiger partial charge is 0.508 e. The van der Waals surface area contributed by atoms with Crippen molar-refractivity contribution in [1.82, 2.24) is 4.90 Å². The molecule has 3 aromatic rings. The summed E-state index contributed by atoms with van der Waals surface area (Å²) in [4.78, 5) is 2.11. The Bertz CT molecular complexity index is 947. The third kappa shape index (κ3) is 5.35. The predicted octanol–water partition coefficient (Wildman–Crippen LogP) is 4.84. The van der Waals surface area contributed by atoms with Gasteiger partial charge in [0.05, 0.1) is 0 Å². The Labute approximate surface area is 173 Å². The quantitative estimate of drug-likeness (QED) is 0.544. The van der Waals surface area contributed by atoms with E-state index in [0.717, 1.165) is 46.4 Å². The lowest BCUT2D eigenvalue weighted by molar-refractivity contribution is 0.305. The van der Waals surface area contributed by atoms with Crippen LogP contribution in [0.1, 0.15) is 28.7 Å². The van der Waals surface area contributed by atoms with E-state index in [2.05, 4.69) is 35.2 Å². The van der Waals surface area contributed by atoms with Gasteiger partial charge in [0.1, 0.15) is 5.75 Å². The maximum Gasteiger partial charge on any atom is 0.118 e. The number of rotatable bonds is 8. The summed E-state index contributed by atoms with van der Waals surface area (Å²) >= 11 is 0. The smallest absolute Gasteiger partial charge is 0.118 e. The first-order chi connectivity index (χ1) is 14.1. The van der Waals surface area contributed by atoms with E-state index in [4.69, 9.17) is 0 Å². The average molecular weight is 388 g/mol. The van der Waals surface area contributed by atoms with Crippen molar-refractivity contribution in [2.45, 2.75) is 12.8 Å². The molecule has 0 heterocycles. The Kier molecular flexibility index (Phi) is 7.23. The van der Waals surface area contributed by atoms with Crippen LogP contribution in [0.5, 0.6) is 5.75 Å². The molecular weight excluding hydrogens is 358 g/mol. The second kappa shape index (κ2) is 10.1. The van der Waals surface area contributed by atoms with Crippen molar-refractivity contribution < 1.29 is 10.2 Å². The summed E-state index contributed by atoms with van der Waals surface area (Å²) in [6.07, 6.45) is 1.33. The number of nitrogens with zero attached hydrogens (tertiary/aromatic N) is 1. The Balaban J connectivity index is 2.20. The average Bonchev–Trinajstić information content (AvgIpc) is 2.75. The van der Waals surface area contributed by atoms with Crippen LogP contribution in [0, 0.1) is 0 Å². The van der Waals surface area contributed by atoms with Crippen LogP contribution in [-0.2, 0) is 6.42 Å². The van der Waals surface area contributed by atoms with E-state index < -0.39 is 0 Å². The fourth-order valence-corrected chi connectivity index (χ4v) is 3.57. The number of aromatic hydroxyl groups is 1. The van der Waals surface area contributed by atoms with Crippen molar-refractivity contribution in [3.63, 3.8) is 0 Å². The minimum Gasteiger partial charge on any atom is -0.508 e. The highest BCUT2D eigenvalue weighted by Crippen LogP contribution is 2.36. The monoisotopic (exact) mass is 387 g/mol. The van der Waals surface area contributed by atoms with Crippen molar-refractivity contribution in [3.05, 3.63) is 101 Å². The Morgan fingerprint density at radius 2 is 1.41 bits per heavy atom.